The van der Waals surface area contributed by atoms with E-state index in [1.165, 1.54) is 22.3 Å². The average Bonchev–Trinajstić information content (AvgIpc) is 3.53. The van der Waals surface area contributed by atoms with E-state index in [2.05, 4.69) is 181 Å². The van der Waals surface area contributed by atoms with Crippen LogP contribution in [-0.2, 0) is 0 Å². The van der Waals surface area contributed by atoms with E-state index in [1.807, 2.05) is 12.1 Å². The summed E-state index contributed by atoms with van der Waals surface area (Å²) in [5.41, 5.74) is 12.1. The smallest absolute Gasteiger partial charge is 0.143 e. The summed E-state index contributed by atoms with van der Waals surface area (Å²) in [6.07, 6.45) is 0. The maximum atomic E-state index is 6.61. The van der Waals surface area contributed by atoms with E-state index in [-0.39, 0.29) is 0 Å². The van der Waals surface area contributed by atoms with Gasteiger partial charge in [-0.05, 0) is 70.3 Å². The lowest BCUT2D eigenvalue weighted by Crippen LogP contribution is -2.10. The van der Waals surface area contributed by atoms with Crippen LogP contribution >= 0.6 is 0 Å². The summed E-state index contributed by atoms with van der Waals surface area (Å²) in [4.78, 5) is 2.33. The molecule has 2 nitrogen and oxygen atoms in total. The molecule has 8 rings (SSSR count). The molecule has 0 bridgehead atoms. The predicted octanol–water partition coefficient (Wildman–Crippen LogP) is 12.6. The van der Waals surface area contributed by atoms with Crippen LogP contribution in [0.3, 0.4) is 0 Å². The van der Waals surface area contributed by atoms with Crippen molar-refractivity contribution >= 4 is 28.0 Å². The van der Waals surface area contributed by atoms with E-state index in [9.17, 15) is 0 Å². The van der Waals surface area contributed by atoms with Gasteiger partial charge in [-0.1, -0.05) is 146 Å². The van der Waals surface area contributed by atoms with Gasteiger partial charge in [0, 0.05) is 33.6 Å². The van der Waals surface area contributed by atoms with Crippen molar-refractivity contribution in [3.05, 3.63) is 188 Å². The third-order valence-electron chi connectivity index (χ3n) is 8.47. The Labute approximate surface area is 269 Å². The minimum atomic E-state index is 0.867. The fourth-order valence-corrected chi connectivity index (χ4v) is 6.26. The number of fused-ring (bicyclic) bond motifs is 1. The number of nitrogens with zero attached hydrogens (tertiary/aromatic N) is 1. The molecule has 0 saturated carbocycles. The second-order valence-corrected chi connectivity index (χ2v) is 11.4. The zero-order valence-electron chi connectivity index (χ0n) is 25.3. The first-order valence-electron chi connectivity index (χ1n) is 15.6. The van der Waals surface area contributed by atoms with Gasteiger partial charge in [-0.2, -0.15) is 0 Å². The average molecular weight is 590 g/mol. The van der Waals surface area contributed by atoms with E-state index in [4.69, 9.17) is 4.42 Å². The SMILES string of the molecule is c1ccc(-c2ccc(N(c3cccc(-c4ccccc4)c3)c3cccc(-c4oc5ccccc5c4-c4ccccc4)c3)cc2)cc1. The zero-order chi connectivity index (χ0) is 30.7. The highest BCUT2D eigenvalue weighted by molar-refractivity contribution is 6.02. The van der Waals surface area contributed by atoms with Crippen LogP contribution in [0.15, 0.2) is 192 Å². The maximum absolute atomic E-state index is 6.61. The van der Waals surface area contributed by atoms with Crippen molar-refractivity contribution in [2.45, 2.75) is 0 Å². The third kappa shape index (κ3) is 5.27. The lowest BCUT2D eigenvalue weighted by Gasteiger charge is -2.26. The van der Waals surface area contributed by atoms with Crippen molar-refractivity contribution in [2.75, 3.05) is 4.90 Å². The number of benzene rings is 7. The first-order valence-corrected chi connectivity index (χ1v) is 15.6. The molecule has 46 heavy (non-hydrogen) atoms. The van der Waals surface area contributed by atoms with Crippen LogP contribution in [0.2, 0.25) is 0 Å². The van der Waals surface area contributed by atoms with Crippen molar-refractivity contribution < 1.29 is 4.42 Å². The quantitative estimate of drug-likeness (QED) is 0.184. The molecule has 218 valence electrons. The number of para-hydroxylation sites is 1. The molecule has 7 aromatic carbocycles. The Hall–Kier alpha value is -6.12. The highest BCUT2D eigenvalue weighted by atomic mass is 16.3. The molecule has 0 fully saturated rings. The molecule has 0 atom stereocenters. The number of hydrogen-bond donors (Lipinski definition) is 0. The Bertz CT molecular complexity index is 2230. The van der Waals surface area contributed by atoms with Gasteiger partial charge in [0.1, 0.15) is 11.3 Å². The lowest BCUT2D eigenvalue weighted by molar-refractivity contribution is 0.632. The molecule has 1 heterocycles. The van der Waals surface area contributed by atoms with Crippen LogP contribution < -0.4 is 4.90 Å². The first-order chi connectivity index (χ1) is 22.8. The van der Waals surface area contributed by atoms with Crippen molar-refractivity contribution in [1.82, 2.24) is 0 Å². The van der Waals surface area contributed by atoms with Gasteiger partial charge in [-0.25, -0.2) is 0 Å². The van der Waals surface area contributed by atoms with E-state index >= 15 is 0 Å². The molecule has 0 radical (unpaired) electrons. The minimum Gasteiger partial charge on any atom is -0.455 e. The molecule has 8 aromatic rings. The maximum Gasteiger partial charge on any atom is 0.143 e. The fraction of sp³-hybridized carbons (Fsp3) is 0. The topological polar surface area (TPSA) is 16.4 Å². The Morgan fingerprint density at radius 3 is 1.46 bits per heavy atom. The lowest BCUT2D eigenvalue weighted by atomic mass is 9.98. The summed E-state index contributed by atoms with van der Waals surface area (Å²) in [6.45, 7) is 0. The molecule has 0 aliphatic carbocycles. The monoisotopic (exact) mass is 589 g/mol. The van der Waals surface area contributed by atoms with Crippen LogP contribution in [0.4, 0.5) is 17.1 Å². The van der Waals surface area contributed by atoms with Crippen LogP contribution in [-0.4, -0.2) is 0 Å². The van der Waals surface area contributed by atoms with Crippen LogP contribution in [0, 0.1) is 0 Å². The van der Waals surface area contributed by atoms with E-state index < -0.39 is 0 Å². The van der Waals surface area contributed by atoms with Gasteiger partial charge in [-0.15, -0.1) is 0 Å². The molecule has 2 heteroatoms. The van der Waals surface area contributed by atoms with Gasteiger partial charge in [-0.3, -0.25) is 0 Å². The summed E-state index contributed by atoms with van der Waals surface area (Å²) in [5, 5.41) is 1.11. The van der Waals surface area contributed by atoms with E-state index in [0.29, 0.717) is 0 Å². The van der Waals surface area contributed by atoms with Gasteiger partial charge in [0.25, 0.3) is 0 Å². The molecule has 1 aromatic heterocycles. The third-order valence-corrected chi connectivity index (χ3v) is 8.47. The second-order valence-electron chi connectivity index (χ2n) is 11.4. The molecule has 0 saturated heterocycles. The summed E-state index contributed by atoms with van der Waals surface area (Å²) < 4.78 is 6.61. The zero-order valence-corrected chi connectivity index (χ0v) is 25.3. The Morgan fingerprint density at radius 1 is 0.326 bits per heavy atom. The molecule has 0 aliphatic heterocycles. The van der Waals surface area contributed by atoms with Crippen molar-refractivity contribution in [3.8, 4) is 44.7 Å². The van der Waals surface area contributed by atoms with Gasteiger partial charge in [0.2, 0.25) is 0 Å². The van der Waals surface area contributed by atoms with Crippen LogP contribution in [0.1, 0.15) is 0 Å². The number of anilines is 3. The molecule has 0 unspecified atom stereocenters. The van der Waals surface area contributed by atoms with Gasteiger partial charge >= 0.3 is 0 Å². The predicted molar refractivity (Wildman–Crippen MR) is 193 cm³/mol. The Morgan fingerprint density at radius 2 is 0.804 bits per heavy atom. The van der Waals surface area contributed by atoms with Gasteiger partial charge in [0.05, 0.1) is 0 Å². The van der Waals surface area contributed by atoms with Crippen LogP contribution in [0.25, 0.3) is 55.7 Å². The van der Waals surface area contributed by atoms with E-state index in [1.54, 1.807) is 0 Å². The molecular weight excluding hydrogens is 558 g/mol. The van der Waals surface area contributed by atoms with E-state index in [0.717, 1.165) is 50.5 Å². The second kappa shape index (κ2) is 12.1. The number of hydrogen-bond acceptors (Lipinski definition) is 2. The largest absolute Gasteiger partial charge is 0.455 e. The fourth-order valence-electron chi connectivity index (χ4n) is 6.26. The van der Waals surface area contributed by atoms with Crippen molar-refractivity contribution in [1.29, 1.82) is 0 Å². The minimum absolute atomic E-state index is 0.867. The summed E-state index contributed by atoms with van der Waals surface area (Å²) in [7, 11) is 0. The van der Waals surface area contributed by atoms with Gasteiger partial charge in [0.15, 0.2) is 0 Å². The molecule has 0 spiro atoms. The molecule has 0 N–H and O–H groups in total. The van der Waals surface area contributed by atoms with Crippen molar-refractivity contribution in [2.24, 2.45) is 0 Å². The highest BCUT2D eigenvalue weighted by Gasteiger charge is 2.20. The highest BCUT2D eigenvalue weighted by Crippen LogP contribution is 2.43. The molecule has 0 aliphatic rings. The standard InChI is InChI=1S/C44H31NO/c1-4-14-32(15-5-1)34-26-28-38(29-27-34)45(39-22-12-20-36(30-39)33-16-6-2-7-17-33)40-23-13-21-37(31-40)44-43(35-18-8-3-9-19-35)41-24-10-11-25-42(41)46-44/h1-31H. The van der Waals surface area contributed by atoms with Crippen molar-refractivity contribution in [3.63, 3.8) is 0 Å². The summed E-state index contributed by atoms with van der Waals surface area (Å²) in [5.74, 6) is 0.867. The molecular formula is C44H31NO. The Balaban J connectivity index is 1.28. The van der Waals surface area contributed by atoms with Crippen LogP contribution in [0.5, 0.6) is 0 Å². The summed E-state index contributed by atoms with van der Waals surface area (Å²) in [6, 6.07) is 66.1. The van der Waals surface area contributed by atoms with Gasteiger partial charge < -0.3 is 9.32 Å². The number of rotatable bonds is 7. The number of furan rings is 1. The Kier molecular flexibility index (Phi) is 7.22. The summed E-state index contributed by atoms with van der Waals surface area (Å²) >= 11 is 0. The first kappa shape index (κ1) is 27.4. The normalized spacial score (nSPS) is 11.0. The molecule has 0 amide bonds.